The van der Waals surface area contributed by atoms with Gasteiger partial charge in [-0.25, -0.2) is 0 Å². The maximum Gasteiger partial charge on any atom is 0.417 e. The molecule has 5 rings (SSSR count). The Morgan fingerprint density at radius 3 is 2.69 bits per heavy atom. The fraction of sp³-hybridized carbons (Fsp3) is 0.333. The number of fused-ring (bicyclic) bond motifs is 2. The van der Waals surface area contributed by atoms with Crippen LogP contribution in [0.25, 0.3) is 21.8 Å². The van der Waals surface area contributed by atoms with Crippen LogP contribution in [0.2, 0.25) is 0 Å². The van der Waals surface area contributed by atoms with Crippen molar-refractivity contribution in [1.29, 1.82) is 0 Å². The molecule has 3 heterocycles. The monoisotopic (exact) mass is 480 g/mol. The van der Waals surface area contributed by atoms with E-state index < -0.39 is 11.7 Å². The molecule has 2 aromatic heterocycles. The third kappa shape index (κ3) is 4.89. The van der Waals surface area contributed by atoms with Crippen molar-refractivity contribution in [1.82, 2.24) is 20.2 Å². The average Bonchev–Trinajstić information content (AvgIpc) is 3.30. The molecule has 1 fully saturated rings. The Bertz CT molecular complexity index is 1330. The van der Waals surface area contributed by atoms with Gasteiger partial charge >= 0.3 is 6.18 Å². The van der Waals surface area contributed by atoms with E-state index in [0.29, 0.717) is 23.0 Å². The van der Waals surface area contributed by atoms with Crippen molar-refractivity contribution in [3.05, 3.63) is 77.6 Å². The molecule has 0 atom stereocenters. The number of piperidine rings is 1. The van der Waals surface area contributed by atoms with Crippen LogP contribution in [-0.4, -0.2) is 47.0 Å². The summed E-state index contributed by atoms with van der Waals surface area (Å²) in [5.41, 5.74) is 2.15. The molecular weight excluding hydrogens is 453 g/mol. The molecule has 35 heavy (non-hydrogen) atoms. The van der Waals surface area contributed by atoms with Gasteiger partial charge < -0.3 is 15.2 Å². The number of pyridine rings is 1. The smallest absolute Gasteiger partial charge is 0.361 e. The van der Waals surface area contributed by atoms with Crippen LogP contribution in [0.3, 0.4) is 0 Å². The number of para-hydroxylation sites is 1. The number of carbonyl (C=O) groups excluding carboxylic acids is 1. The average molecular weight is 481 g/mol. The molecule has 1 amide bonds. The lowest BCUT2D eigenvalue weighted by Gasteiger charge is -2.32. The van der Waals surface area contributed by atoms with Crippen LogP contribution >= 0.6 is 0 Å². The van der Waals surface area contributed by atoms with Gasteiger partial charge in [-0.2, -0.15) is 13.2 Å². The van der Waals surface area contributed by atoms with Gasteiger partial charge in [0.2, 0.25) is 0 Å². The van der Waals surface area contributed by atoms with E-state index in [9.17, 15) is 18.0 Å². The summed E-state index contributed by atoms with van der Waals surface area (Å²) in [6.45, 7) is 3.06. The van der Waals surface area contributed by atoms with Gasteiger partial charge in [0.1, 0.15) is 0 Å². The third-order valence-electron chi connectivity index (χ3n) is 6.90. The van der Waals surface area contributed by atoms with Crippen LogP contribution < -0.4 is 5.32 Å². The molecule has 182 valence electrons. The van der Waals surface area contributed by atoms with Crippen LogP contribution in [-0.2, 0) is 6.18 Å². The van der Waals surface area contributed by atoms with E-state index >= 15 is 0 Å². The first-order chi connectivity index (χ1) is 16.9. The summed E-state index contributed by atoms with van der Waals surface area (Å²) in [5.74, 6) is -0.00899. The number of alkyl halides is 3. The van der Waals surface area contributed by atoms with E-state index in [2.05, 4.69) is 20.2 Å². The van der Waals surface area contributed by atoms with Gasteiger partial charge in [-0.05, 0) is 74.6 Å². The number of aromatic nitrogens is 2. The minimum atomic E-state index is -4.37. The van der Waals surface area contributed by atoms with Gasteiger partial charge in [0.05, 0.1) is 16.6 Å². The molecule has 0 unspecified atom stereocenters. The van der Waals surface area contributed by atoms with Crippen molar-refractivity contribution < 1.29 is 18.0 Å². The van der Waals surface area contributed by atoms with Crippen LogP contribution in [0.15, 0.2) is 60.9 Å². The fourth-order valence-corrected chi connectivity index (χ4v) is 5.13. The molecule has 1 aliphatic rings. The number of hydrogen-bond donors (Lipinski definition) is 2. The summed E-state index contributed by atoms with van der Waals surface area (Å²) in [6.07, 6.45) is 1.46. The molecule has 5 nitrogen and oxygen atoms in total. The maximum atomic E-state index is 13.6. The van der Waals surface area contributed by atoms with Crippen molar-refractivity contribution in [3.63, 3.8) is 0 Å². The second-order valence-electron chi connectivity index (χ2n) is 9.07. The summed E-state index contributed by atoms with van der Waals surface area (Å²) in [4.78, 5) is 22.3. The van der Waals surface area contributed by atoms with E-state index in [1.54, 1.807) is 24.5 Å². The number of rotatable bonds is 6. The Kier molecular flexibility index (Phi) is 6.47. The van der Waals surface area contributed by atoms with Gasteiger partial charge in [-0.1, -0.05) is 24.3 Å². The van der Waals surface area contributed by atoms with Gasteiger partial charge in [-0.15, -0.1) is 0 Å². The van der Waals surface area contributed by atoms with Gasteiger partial charge in [0.25, 0.3) is 5.91 Å². The number of aromatic amines is 1. The number of halogens is 3. The van der Waals surface area contributed by atoms with E-state index in [1.807, 2.05) is 24.3 Å². The summed E-state index contributed by atoms with van der Waals surface area (Å²) >= 11 is 0. The first kappa shape index (κ1) is 23.4. The van der Waals surface area contributed by atoms with Gasteiger partial charge in [0, 0.05) is 35.2 Å². The van der Waals surface area contributed by atoms with Crippen molar-refractivity contribution in [2.45, 2.75) is 31.4 Å². The van der Waals surface area contributed by atoms with E-state index in [1.165, 1.54) is 6.07 Å². The number of likely N-dealkylation sites (tertiary alicyclic amines) is 1. The Labute approximate surface area is 201 Å². The van der Waals surface area contributed by atoms with E-state index in [0.717, 1.165) is 61.4 Å². The molecule has 0 bridgehead atoms. The third-order valence-corrected chi connectivity index (χ3v) is 6.90. The predicted octanol–water partition coefficient (Wildman–Crippen LogP) is 5.73. The molecule has 0 radical (unpaired) electrons. The highest BCUT2D eigenvalue weighted by Gasteiger charge is 2.35. The molecule has 0 aliphatic carbocycles. The Morgan fingerprint density at radius 1 is 1.09 bits per heavy atom. The molecule has 4 aromatic rings. The van der Waals surface area contributed by atoms with E-state index in [4.69, 9.17) is 0 Å². The number of benzene rings is 2. The lowest BCUT2D eigenvalue weighted by molar-refractivity contribution is -0.136. The first-order valence-corrected chi connectivity index (χ1v) is 11.9. The zero-order valence-corrected chi connectivity index (χ0v) is 19.2. The van der Waals surface area contributed by atoms with Crippen molar-refractivity contribution >= 4 is 27.7 Å². The SMILES string of the molecule is O=C(NCCCN1CCC(c2c[nH]c3cccc(C(F)(F)F)c23)CC1)c1ccnc2ccccc12. The van der Waals surface area contributed by atoms with Crippen molar-refractivity contribution in [2.75, 3.05) is 26.2 Å². The zero-order chi connectivity index (χ0) is 24.4. The maximum absolute atomic E-state index is 13.6. The Morgan fingerprint density at radius 2 is 1.89 bits per heavy atom. The second-order valence-corrected chi connectivity index (χ2v) is 9.07. The number of carbonyl (C=O) groups is 1. The highest BCUT2D eigenvalue weighted by Crippen LogP contribution is 2.40. The minimum absolute atomic E-state index is 0.100. The molecule has 2 N–H and O–H groups in total. The lowest BCUT2D eigenvalue weighted by atomic mass is 9.88. The number of hydrogen-bond acceptors (Lipinski definition) is 3. The lowest BCUT2D eigenvalue weighted by Crippen LogP contribution is -2.35. The highest BCUT2D eigenvalue weighted by atomic mass is 19.4. The summed E-state index contributed by atoms with van der Waals surface area (Å²) in [6, 6.07) is 13.6. The minimum Gasteiger partial charge on any atom is -0.361 e. The molecule has 0 spiro atoms. The summed E-state index contributed by atoms with van der Waals surface area (Å²) in [5, 5.41) is 4.14. The van der Waals surface area contributed by atoms with Crippen LogP contribution in [0.1, 0.15) is 46.7 Å². The zero-order valence-electron chi connectivity index (χ0n) is 19.2. The normalized spacial score (nSPS) is 15.6. The topological polar surface area (TPSA) is 61.0 Å². The van der Waals surface area contributed by atoms with Gasteiger partial charge in [-0.3, -0.25) is 9.78 Å². The number of amides is 1. The van der Waals surface area contributed by atoms with Crippen molar-refractivity contribution in [3.8, 4) is 0 Å². The molecule has 0 saturated carbocycles. The highest BCUT2D eigenvalue weighted by molar-refractivity contribution is 6.05. The summed E-state index contributed by atoms with van der Waals surface area (Å²) in [7, 11) is 0. The molecule has 1 saturated heterocycles. The summed E-state index contributed by atoms with van der Waals surface area (Å²) < 4.78 is 40.7. The van der Waals surface area contributed by atoms with Gasteiger partial charge in [0.15, 0.2) is 0 Å². The Hall–Kier alpha value is -3.39. The molecule has 2 aromatic carbocycles. The molecule has 8 heteroatoms. The second kappa shape index (κ2) is 9.70. The quantitative estimate of drug-likeness (QED) is 0.346. The predicted molar refractivity (Wildman–Crippen MR) is 130 cm³/mol. The van der Waals surface area contributed by atoms with Crippen molar-refractivity contribution in [2.24, 2.45) is 0 Å². The number of H-pyrrole nitrogens is 1. The molecular formula is C27H27F3N4O. The number of nitrogens with zero attached hydrogens (tertiary/aromatic N) is 2. The standard InChI is InChI=1S/C27H27F3N4O/c28-27(29,30)22-6-3-8-24-25(22)21(17-33-24)18-10-15-34(16-11-18)14-4-12-32-26(35)20-9-13-31-23-7-2-1-5-19(20)23/h1-3,5-9,13,17-18,33H,4,10-12,14-16H2,(H,32,35). The fourth-order valence-electron chi connectivity index (χ4n) is 5.13. The molecule has 1 aliphatic heterocycles. The Balaban J connectivity index is 1.14. The number of nitrogens with one attached hydrogen (secondary N) is 2. The van der Waals surface area contributed by atoms with Crippen LogP contribution in [0.4, 0.5) is 13.2 Å². The van der Waals surface area contributed by atoms with E-state index in [-0.39, 0.29) is 11.8 Å². The van der Waals surface area contributed by atoms with Crippen LogP contribution in [0, 0.1) is 0 Å². The first-order valence-electron chi connectivity index (χ1n) is 11.9. The largest absolute Gasteiger partial charge is 0.417 e. The van der Waals surface area contributed by atoms with Crippen LogP contribution in [0.5, 0.6) is 0 Å².